The zero-order chi connectivity index (χ0) is 30.2. The Morgan fingerprint density at radius 3 is 1.17 bits per heavy atom. The molecule has 0 spiro atoms. The van der Waals surface area contributed by atoms with Crippen LogP contribution in [0.25, 0.3) is 21.5 Å². The first kappa shape index (κ1) is 33.6. The second kappa shape index (κ2) is 18.6. The Morgan fingerprint density at radius 2 is 0.833 bits per heavy atom. The molecule has 0 aliphatic carbocycles. The fraction of sp³-hybridized carbons (Fsp3) is 0.579. The molecule has 0 aliphatic rings. The van der Waals surface area contributed by atoms with Crippen molar-refractivity contribution in [3.05, 3.63) is 59.7 Å². The minimum Gasteiger partial charge on any atom is -0.481 e. The summed E-state index contributed by atoms with van der Waals surface area (Å²) in [6.45, 7) is 4.44. The van der Waals surface area contributed by atoms with Gasteiger partial charge in [-0.1, -0.05) is 141 Å². The molecule has 0 saturated heterocycles. The second-order valence-electron chi connectivity index (χ2n) is 12.3. The molecule has 2 N–H and O–H groups in total. The lowest BCUT2D eigenvalue weighted by atomic mass is 9.81. The highest BCUT2D eigenvalue weighted by atomic mass is 16.4. The topological polar surface area (TPSA) is 74.6 Å². The van der Waals surface area contributed by atoms with Gasteiger partial charge in [0.2, 0.25) is 0 Å². The van der Waals surface area contributed by atoms with E-state index in [2.05, 4.69) is 38.1 Å². The molecule has 0 fully saturated rings. The number of carboxylic acid groups (broad SMARTS) is 2. The fourth-order valence-electron chi connectivity index (χ4n) is 6.42. The number of rotatable bonds is 22. The van der Waals surface area contributed by atoms with Gasteiger partial charge in [0.1, 0.15) is 0 Å². The predicted octanol–water partition coefficient (Wildman–Crippen LogP) is 11.4. The van der Waals surface area contributed by atoms with Crippen LogP contribution in [-0.4, -0.2) is 22.2 Å². The van der Waals surface area contributed by atoms with Crippen LogP contribution in [-0.2, 0) is 9.59 Å². The van der Waals surface area contributed by atoms with Crippen LogP contribution in [0.15, 0.2) is 48.5 Å². The van der Waals surface area contributed by atoms with E-state index in [1.807, 2.05) is 24.3 Å². The lowest BCUT2D eigenvalue weighted by Crippen LogP contribution is -2.19. The van der Waals surface area contributed by atoms with Gasteiger partial charge in [-0.25, -0.2) is 0 Å². The molecular weight excluding hydrogens is 520 g/mol. The van der Waals surface area contributed by atoms with E-state index in [0.29, 0.717) is 24.0 Å². The van der Waals surface area contributed by atoms with E-state index in [4.69, 9.17) is 0 Å². The van der Waals surface area contributed by atoms with Gasteiger partial charge < -0.3 is 10.2 Å². The highest BCUT2D eigenvalue weighted by molar-refractivity contribution is 5.99. The van der Waals surface area contributed by atoms with E-state index in [1.54, 1.807) is 0 Å². The molecule has 2 atom stereocenters. The van der Waals surface area contributed by atoms with Crippen molar-refractivity contribution in [2.75, 3.05) is 0 Å². The summed E-state index contributed by atoms with van der Waals surface area (Å²) in [6, 6.07) is 16.4. The number of fused-ring (bicyclic) bond motifs is 2. The third-order valence-corrected chi connectivity index (χ3v) is 8.95. The Morgan fingerprint density at radius 1 is 0.500 bits per heavy atom. The average molecular weight is 575 g/mol. The van der Waals surface area contributed by atoms with Gasteiger partial charge in [0.15, 0.2) is 0 Å². The van der Waals surface area contributed by atoms with Crippen LogP contribution in [0, 0.1) is 0 Å². The normalized spacial score (nSPS) is 13.0. The first-order valence-corrected chi connectivity index (χ1v) is 16.9. The zero-order valence-electron chi connectivity index (χ0n) is 26.2. The molecule has 2 unspecified atom stereocenters. The van der Waals surface area contributed by atoms with Gasteiger partial charge in [-0.05, 0) is 69.8 Å². The zero-order valence-corrected chi connectivity index (χ0v) is 26.2. The predicted molar refractivity (Wildman–Crippen MR) is 177 cm³/mol. The number of carbonyl (C=O) groups is 2. The molecule has 4 heteroatoms. The van der Waals surface area contributed by atoms with Crippen molar-refractivity contribution in [1.82, 2.24) is 0 Å². The summed E-state index contributed by atoms with van der Waals surface area (Å²) in [5.74, 6) is -3.10. The highest BCUT2D eigenvalue weighted by Crippen LogP contribution is 2.37. The smallest absolute Gasteiger partial charge is 0.310 e. The van der Waals surface area contributed by atoms with Crippen molar-refractivity contribution < 1.29 is 19.8 Å². The molecule has 42 heavy (non-hydrogen) atoms. The number of hydrogen-bond acceptors (Lipinski definition) is 2. The van der Waals surface area contributed by atoms with Crippen LogP contribution < -0.4 is 0 Å². The Kier molecular flexibility index (Phi) is 14.9. The fourth-order valence-corrected chi connectivity index (χ4v) is 6.42. The van der Waals surface area contributed by atoms with E-state index in [1.165, 1.54) is 64.2 Å². The van der Waals surface area contributed by atoms with Gasteiger partial charge in [0, 0.05) is 0 Å². The van der Waals surface area contributed by atoms with Crippen molar-refractivity contribution in [3.8, 4) is 0 Å². The molecule has 0 bridgehead atoms. The minimum atomic E-state index is -0.851. The quantitative estimate of drug-likeness (QED) is 0.0924. The van der Waals surface area contributed by atoms with Crippen LogP contribution in [0.2, 0.25) is 0 Å². The number of benzene rings is 3. The third kappa shape index (κ3) is 10.4. The van der Waals surface area contributed by atoms with Gasteiger partial charge in [0.05, 0.1) is 11.8 Å². The molecule has 0 amide bonds. The Labute approximate surface area is 253 Å². The first-order valence-electron chi connectivity index (χ1n) is 16.9. The molecule has 230 valence electrons. The summed E-state index contributed by atoms with van der Waals surface area (Å²) in [5.41, 5.74) is 1.39. The summed E-state index contributed by atoms with van der Waals surface area (Å²) in [5, 5.41) is 25.0. The van der Waals surface area contributed by atoms with Crippen molar-refractivity contribution in [3.63, 3.8) is 0 Å². The van der Waals surface area contributed by atoms with Crippen LogP contribution in [0.5, 0.6) is 0 Å². The minimum absolute atomic E-state index is 0.542. The van der Waals surface area contributed by atoms with E-state index >= 15 is 0 Å². The molecule has 0 heterocycles. The standard InChI is InChI=1S/C38H54O4/c1-3-5-7-9-11-13-15-17-23-33(37(39)40)35-27-31-25-29-21-19-20-22-30(29)26-32(31)28-36(35)34(38(41)42)24-18-16-14-12-10-8-6-4-2/h19-22,25-28,33-34H,3-18,23-24H2,1-2H3,(H,39,40)(H,41,42). The van der Waals surface area contributed by atoms with Gasteiger partial charge in [0.25, 0.3) is 0 Å². The van der Waals surface area contributed by atoms with Crippen molar-refractivity contribution in [1.29, 1.82) is 0 Å². The van der Waals surface area contributed by atoms with Crippen molar-refractivity contribution in [2.24, 2.45) is 0 Å². The maximum absolute atomic E-state index is 12.7. The second-order valence-corrected chi connectivity index (χ2v) is 12.3. The van der Waals surface area contributed by atoms with E-state index < -0.39 is 23.8 Å². The maximum atomic E-state index is 12.7. The Balaban J connectivity index is 1.83. The summed E-state index contributed by atoms with van der Waals surface area (Å²) in [7, 11) is 0. The van der Waals surface area contributed by atoms with E-state index in [9.17, 15) is 19.8 Å². The number of aliphatic carboxylic acids is 2. The molecular formula is C38H54O4. The highest BCUT2D eigenvalue weighted by Gasteiger charge is 2.29. The molecule has 3 rings (SSSR count). The lowest BCUT2D eigenvalue weighted by molar-refractivity contribution is -0.140. The van der Waals surface area contributed by atoms with Gasteiger partial charge in [-0.15, -0.1) is 0 Å². The lowest BCUT2D eigenvalue weighted by Gasteiger charge is -2.23. The molecule has 3 aromatic rings. The molecule has 4 nitrogen and oxygen atoms in total. The van der Waals surface area contributed by atoms with Crippen molar-refractivity contribution >= 4 is 33.5 Å². The van der Waals surface area contributed by atoms with E-state index in [-0.39, 0.29) is 0 Å². The molecule has 0 aromatic heterocycles. The maximum Gasteiger partial charge on any atom is 0.310 e. The monoisotopic (exact) mass is 574 g/mol. The van der Waals surface area contributed by atoms with Crippen LogP contribution in [0.1, 0.15) is 152 Å². The SMILES string of the molecule is CCCCCCCCCCC(C(=O)O)c1cc2cc3ccccc3cc2cc1C(CCCCCCCCCC)C(=O)O. The van der Waals surface area contributed by atoms with Crippen LogP contribution >= 0.6 is 0 Å². The van der Waals surface area contributed by atoms with Gasteiger partial charge in [-0.3, -0.25) is 9.59 Å². The van der Waals surface area contributed by atoms with Gasteiger partial charge in [-0.2, -0.15) is 0 Å². The summed E-state index contributed by atoms with van der Waals surface area (Å²) >= 11 is 0. The van der Waals surface area contributed by atoms with Crippen LogP contribution in [0.3, 0.4) is 0 Å². The average Bonchev–Trinajstić information content (AvgIpc) is 2.97. The summed E-state index contributed by atoms with van der Waals surface area (Å²) < 4.78 is 0. The number of hydrogen-bond donors (Lipinski definition) is 2. The Hall–Kier alpha value is -2.88. The van der Waals surface area contributed by atoms with Crippen LogP contribution in [0.4, 0.5) is 0 Å². The van der Waals surface area contributed by atoms with Crippen molar-refractivity contribution in [2.45, 2.75) is 141 Å². The Bertz CT molecular complexity index is 1150. The van der Waals surface area contributed by atoms with Gasteiger partial charge >= 0.3 is 11.9 Å². The van der Waals surface area contributed by atoms with E-state index in [0.717, 1.165) is 60.1 Å². The molecule has 0 radical (unpaired) electrons. The molecule has 0 aliphatic heterocycles. The number of carboxylic acids is 2. The largest absolute Gasteiger partial charge is 0.481 e. The first-order chi connectivity index (χ1) is 20.5. The molecule has 0 saturated carbocycles. The summed E-state index contributed by atoms with van der Waals surface area (Å²) in [6.07, 6.45) is 19.5. The number of unbranched alkanes of at least 4 members (excludes halogenated alkanes) is 14. The molecule has 3 aromatic carbocycles. The third-order valence-electron chi connectivity index (χ3n) is 8.95. The summed E-state index contributed by atoms with van der Waals surface area (Å²) in [4.78, 5) is 25.4.